The molecule has 1 amide bonds. The molecule has 14 heteroatoms. The smallest absolute Gasteiger partial charge is 0.432 e. The maximum atomic E-state index is 12.6. The van der Waals surface area contributed by atoms with Crippen molar-refractivity contribution in [3.05, 3.63) is 46.7 Å². The second-order valence-electron chi connectivity index (χ2n) is 14.2. The van der Waals surface area contributed by atoms with Crippen molar-refractivity contribution in [2.24, 2.45) is 5.41 Å². The standard InChI is InChI=1S/C34H39ClN8O5/c1-18-11-24-26(30(36)39-43(24)31(44)45)27(28(18)35)25-19(2)42(22-13-34(14-22)16-40(17-34)32(46)48-33(3,4)5)38-29(25)20-7-8-23-21(12-20)15-41(37-23)9-10-47-6/h7-8,11-12,15,22H,9-10,13-14,16-17H2,1-6H3,(H2,36,39)(H,44,45). The molecule has 1 spiro atoms. The van der Waals surface area contributed by atoms with Crippen molar-refractivity contribution < 1.29 is 24.2 Å². The number of rotatable bonds is 6. The molecular weight excluding hydrogens is 636 g/mol. The maximum Gasteiger partial charge on any atom is 0.432 e. The molecule has 4 heterocycles. The van der Waals surface area contributed by atoms with Gasteiger partial charge in [0.15, 0.2) is 5.82 Å². The van der Waals surface area contributed by atoms with Gasteiger partial charge in [0, 0.05) is 59.6 Å². The molecular formula is C34H39ClN8O5. The van der Waals surface area contributed by atoms with Crippen LogP contribution in [-0.4, -0.2) is 83.9 Å². The Balaban J connectivity index is 1.32. The molecule has 2 fully saturated rings. The number of fused-ring (bicyclic) bond motifs is 2. The summed E-state index contributed by atoms with van der Waals surface area (Å²) in [6, 6.07) is 7.80. The van der Waals surface area contributed by atoms with Gasteiger partial charge < -0.3 is 25.2 Å². The van der Waals surface area contributed by atoms with Crippen molar-refractivity contribution in [2.75, 3.05) is 32.5 Å². The first-order valence-electron chi connectivity index (χ1n) is 15.9. The quantitative estimate of drug-likeness (QED) is 0.205. The molecule has 3 N–H and O–H groups in total. The lowest BCUT2D eigenvalue weighted by Gasteiger charge is -2.58. The van der Waals surface area contributed by atoms with Gasteiger partial charge in [0.2, 0.25) is 0 Å². The summed E-state index contributed by atoms with van der Waals surface area (Å²) < 4.78 is 15.6. The summed E-state index contributed by atoms with van der Waals surface area (Å²) in [5.41, 5.74) is 11.6. The van der Waals surface area contributed by atoms with E-state index in [0.29, 0.717) is 59.0 Å². The number of nitrogens with two attached hydrogens (primary N) is 1. The minimum absolute atomic E-state index is 0.0251. The van der Waals surface area contributed by atoms with Gasteiger partial charge in [-0.15, -0.1) is 5.10 Å². The highest BCUT2D eigenvalue weighted by Gasteiger charge is 2.55. The highest BCUT2D eigenvalue weighted by molar-refractivity contribution is 6.36. The van der Waals surface area contributed by atoms with Gasteiger partial charge in [-0.1, -0.05) is 17.7 Å². The molecule has 0 radical (unpaired) electrons. The Hall–Kier alpha value is -4.62. The first-order valence-corrected chi connectivity index (χ1v) is 16.3. The SMILES string of the molecule is COCCn1cc2cc(-c3nn(C4CC5(C4)CN(C(=O)OC(C)(C)C)C5)c(C)c3-c3c(Cl)c(C)cc4c3c(N)nn4C(=O)O)ccc2n1. The van der Waals surface area contributed by atoms with Gasteiger partial charge in [-0.2, -0.15) is 14.9 Å². The van der Waals surface area contributed by atoms with Crippen LogP contribution in [0, 0.1) is 19.3 Å². The number of anilines is 1. The van der Waals surface area contributed by atoms with Crippen molar-refractivity contribution in [3.8, 4) is 22.4 Å². The zero-order valence-corrected chi connectivity index (χ0v) is 28.6. The van der Waals surface area contributed by atoms with Crippen LogP contribution in [0.1, 0.15) is 50.9 Å². The van der Waals surface area contributed by atoms with Crippen LogP contribution in [-0.2, 0) is 16.0 Å². The molecule has 2 aromatic carbocycles. The summed E-state index contributed by atoms with van der Waals surface area (Å²) in [5, 5.41) is 25.8. The summed E-state index contributed by atoms with van der Waals surface area (Å²) in [5.74, 6) is 0.0663. The Morgan fingerprint density at radius 1 is 1.10 bits per heavy atom. The van der Waals surface area contributed by atoms with Crippen LogP contribution in [0.25, 0.3) is 44.2 Å². The number of carbonyl (C=O) groups is 2. The van der Waals surface area contributed by atoms with Crippen molar-refractivity contribution in [2.45, 2.75) is 65.6 Å². The fourth-order valence-electron chi connectivity index (χ4n) is 7.28. The molecule has 7 rings (SSSR count). The maximum absolute atomic E-state index is 12.6. The van der Waals surface area contributed by atoms with E-state index in [4.69, 9.17) is 31.9 Å². The van der Waals surface area contributed by atoms with Crippen LogP contribution in [0.3, 0.4) is 0 Å². The van der Waals surface area contributed by atoms with Crippen LogP contribution in [0.2, 0.25) is 5.02 Å². The topological polar surface area (TPSA) is 156 Å². The van der Waals surface area contributed by atoms with E-state index in [1.807, 2.05) is 57.6 Å². The van der Waals surface area contributed by atoms with E-state index in [0.717, 1.165) is 45.2 Å². The highest BCUT2D eigenvalue weighted by atomic mass is 35.5. The molecule has 1 saturated carbocycles. The molecule has 0 unspecified atom stereocenters. The summed E-state index contributed by atoms with van der Waals surface area (Å²) >= 11 is 7.10. The average Bonchev–Trinajstić information content (AvgIpc) is 3.63. The number of carbonyl (C=O) groups excluding carboxylic acids is 1. The van der Waals surface area contributed by atoms with Crippen molar-refractivity contribution >= 4 is 51.4 Å². The molecule has 0 atom stereocenters. The first-order chi connectivity index (χ1) is 22.7. The van der Waals surface area contributed by atoms with Crippen LogP contribution in [0.5, 0.6) is 0 Å². The first kappa shape index (κ1) is 32.0. The average molecular weight is 675 g/mol. The van der Waals surface area contributed by atoms with Gasteiger partial charge in [0.05, 0.1) is 40.6 Å². The van der Waals surface area contributed by atoms with E-state index in [1.54, 1.807) is 18.1 Å². The van der Waals surface area contributed by atoms with Gasteiger partial charge in [0.25, 0.3) is 0 Å². The third kappa shape index (κ3) is 5.25. The van der Waals surface area contributed by atoms with Gasteiger partial charge >= 0.3 is 12.2 Å². The van der Waals surface area contributed by atoms with Crippen LogP contribution < -0.4 is 5.73 Å². The highest BCUT2D eigenvalue weighted by Crippen LogP contribution is 2.56. The fraction of sp³-hybridized carbons (Fsp3) is 0.441. The summed E-state index contributed by atoms with van der Waals surface area (Å²) in [4.78, 5) is 26.5. The number of halogens is 1. The Morgan fingerprint density at radius 2 is 1.83 bits per heavy atom. The largest absolute Gasteiger partial charge is 0.463 e. The van der Waals surface area contributed by atoms with Gasteiger partial charge in [-0.3, -0.25) is 9.36 Å². The van der Waals surface area contributed by atoms with Crippen molar-refractivity contribution in [1.29, 1.82) is 0 Å². The molecule has 2 aliphatic rings. The zero-order valence-electron chi connectivity index (χ0n) is 27.9. The van der Waals surface area contributed by atoms with E-state index in [-0.39, 0.29) is 23.4 Å². The number of ether oxygens (including phenoxy) is 2. The van der Waals surface area contributed by atoms with Crippen LogP contribution in [0.4, 0.5) is 15.4 Å². The number of methoxy groups -OCH3 is 1. The number of benzene rings is 2. The Kier molecular flexibility index (Phi) is 7.48. The molecule has 1 aliphatic carbocycles. The number of aryl methyl sites for hydroxylation is 1. The number of likely N-dealkylation sites (tertiary alicyclic amines) is 1. The fourth-order valence-corrected chi connectivity index (χ4v) is 7.53. The van der Waals surface area contributed by atoms with Gasteiger partial charge in [0.1, 0.15) is 11.3 Å². The summed E-state index contributed by atoms with van der Waals surface area (Å²) in [6.45, 7) is 11.9. The van der Waals surface area contributed by atoms with Crippen LogP contribution >= 0.6 is 11.6 Å². The number of amides is 1. The molecule has 0 bridgehead atoms. The minimum atomic E-state index is -1.24. The summed E-state index contributed by atoms with van der Waals surface area (Å²) in [7, 11) is 1.66. The molecule has 1 aliphatic heterocycles. The zero-order chi connectivity index (χ0) is 34.3. The van der Waals surface area contributed by atoms with E-state index < -0.39 is 11.7 Å². The molecule has 1 saturated heterocycles. The molecule has 3 aromatic heterocycles. The molecule has 5 aromatic rings. The molecule has 252 valence electrons. The predicted octanol–water partition coefficient (Wildman–Crippen LogP) is 6.51. The van der Waals surface area contributed by atoms with Crippen LogP contribution in [0.15, 0.2) is 30.5 Å². The number of hydrogen-bond acceptors (Lipinski definition) is 8. The normalized spacial score (nSPS) is 16.1. The number of nitrogens with zero attached hydrogens (tertiary/aromatic N) is 7. The third-order valence-corrected chi connectivity index (χ3v) is 9.92. The number of hydrogen-bond donors (Lipinski definition) is 2. The molecule has 13 nitrogen and oxygen atoms in total. The lowest BCUT2D eigenvalue weighted by molar-refractivity contribution is -0.0930. The molecule has 48 heavy (non-hydrogen) atoms. The van der Waals surface area contributed by atoms with Gasteiger partial charge in [-0.25, -0.2) is 9.59 Å². The third-order valence-electron chi connectivity index (χ3n) is 9.44. The number of nitrogen functional groups attached to an aromatic ring is 1. The van der Waals surface area contributed by atoms with E-state index in [2.05, 4.69) is 20.9 Å². The number of carboxylic acid groups (broad SMARTS) is 1. The minimum Gasteiger partial charge on any atom is -0.463 e. The van der Waals surface area contributed by atoms with Crippen molar-refractivity contribution in [3.63, 3.8) is 0 Å². The van der Waals surface area contributed by atoms with Gasteiger partial charge in [-0.05, 0) is 71.2 Å². The Labute approximate surface area is 282 Å². The predicted molar refractivity (Wildman–Crippen MR) is 182 cm³/mol. The lowest BCUT2D eigenvalue weighted by Crippen LogP contribution is -2.64. The lowest BCUT2D eigenvalue weighted by atomic mass is 9.61. The van der Waals surface area contributed by atoms with E-state index in [9.17, 15) is 14.7 Å². The monoisotopic (exact) mass is 674 g/mol. The summed E-state index contributed by atoms with van der Waals surface area (Å²) in [6.07, 6.45) is 2.17. The van der Waals surface area contributed by atoms with E-state index in [1.165, 1.54) is 0 Å². The number of aromatic nitrogens is 6. The Morgan fingerprint density at radius 3 is 2.50 bits per heavy atom. The second kappa shape index (κ2) is 11.2. The van der Waals surface area contributed by atoms with Crippen molar-refractivity contribution in [1.82, 2.24) is 34.2 Å². The Bertz CT molecular complexity index is 2110. The second-order valence-corrected chi connectivity index (χ2v) is 14.5. The van der Waals surface area contributed by atoms with E-state index >= 15 is 0 Å².